The maximum Gasteiger partial charge on any atom is 0.573 e. The minimum Gasteiger partial charge on any atom is -0.406 e. The molecule has 0 aliphatic heterocycles. The fourth-order valence-electron chi connectivity index (χ4n) is 3.56. The van der Waals surface area contributed by atoms with Crippen molar-refractivity contribution in [2.75, 3.05) is 4.90 Å². The van der Waals surface area contributed by atoms with Crippen molar-refractivity contribution in [3.8, 4) is 22.8 Å². The molecule has 0 saturated heterocycles. The van der Waals surface area contributed by atoms with Crippen LogP contribution in [0.5, 0.6) is 11.5 Å². The minimum absolute atomic E-state index is 0.000405. The van der Waals surface area contributed by atoms with Gasteiger partial charge in [0.05, 0.1) is 4.47 Å². The Bertz CT molecular complexity index is 1430. The second-order valence-electron chi connectivity index (χ2n) is 7.80. The molecule has 198 valence electrons. The topological polar surface area (TPSA) is 56.6 Å². The third-order valence-electron chi connectivity index (χ3n) is 5.03. The number of ether oxygens (including phenoxy) is 2. The van der Waals surface area contributed by atoms with Crippen molar-refractivity contribution in [3.05, 3.63) is 89.0 Å². The molecule has 0 radical (unpaired) electrons. The molecule has 0 atom stereocenters. The Labute approximate surface area is 220 Å². The van der Waals surface area contributed by atoms with Gasteiger partial charge in [-0.3, -0.25) is 14.4 Å². The first-order chi connectivity index (χ1) is 17.8. The van der Waals surface area contributed by atoms with Crippen LogP contribution >= 0.6 is 15.9 Å². The van der Waals surface area contributed by atoms with Crippen LogP contribution in [0.3, 0.4) is 0 Å². The summed E-state index contributed by atoms with van der Waals surface area (Å²) in [4.78, 5) is 14.8. The predicted octanol–water partition coefficient (Wildman–Crippen LogP) is 7.63. The predicted molar refractivity (Wildman–Crippen MR) is 129 cm³/mol. The minimum atomic E-state index is -4.90. The van der Waals surface area contributed by atoms with Gasteiger partial charge in [-0.25, -0.2) is 0 Å². The average molecular weight is 600 g/mol. The molecule has 6 nitrogen and oxygen atoms in total. The second-order valence-corrected chi connectivity index (χ2v) is 8.66. The highest BCUT2D eigenvalue weighted by molar-refractivity contribution is 9.10. The van der Waals surface area contributed by atoms with Crippen LogP contribution in [0.1, 0.15) is 10.4 Å². The zero-order valence-corrected chi connectivity index (χ0v) is 20.8. The smallest absolute Gasteiger partial charge is 0.406 e. The van der Waals surface area contributed by atoms with Gasteiger partial charge in [0.1, 0.15) is 17.2 Å². The molecule has 1 amide bonds. The highest BCUT2D eigenvalue weighted by Crippen LogP contribution is 2.35. The van der Waals surface area contributed by atoms with Gasteiger partial charge in [0.15, 0.2) is 0 Å². The maximum atomic E-state index is 13.6. The first-order valence-corrected chi connectivity index (χ1v) is 11.4. The number of carbonyl (C=O) groups excluding carboxylic acids is 1. The summed E-state index contributed by atoms with van der Waals surface area (Å²) < 4.78 is 85.4. The van der Waals surface area contributed by atoms with Gasteiger partial charge < -0.3 is 9.47 Å². The Balaban J connectivity index is 1.75. The van der Waals surface area contributed by atoms with Gasteiger partial charge in [0, 0.05) is 35.7 Å². The normalized spacial score (nSPS) is 11.8. The maximum absolute atomic E-state index is 13.6. The average Bonchev–Trinajstić information content (AvgIpc) is 3.17. The summed E-state index contributed by atoms with van der Waals surface area (Å²) in [5.41, 5.74) is 1.70. The molecule has 0 spiro atoms. The highest BCUT2D eigenvalue weighted by Gasteiger charge is 2.32. The van der Waals surface area contributed by atoms with E-state index in [-0.39, 0.29) is 11.3 Å². The molecular formula is C25H16BrF6N3O3. The Morgan fingerprint density at radius 2 is 1.39 bits per heavy atom. The summed E-state index contributed by atoms with van der Waals surface area (Å²) >= 11 is 3.42. The fraction of sp³-hybridized carbons (Fsp3) is 0.120. The summed E-state index contributed by atoms with van der Waals surface area (Å²) in [5.74, 6) is -1.67. The van der Waals surface area contributed by atoms with Gasteiger partial charge in [0.25, 0.3) is 5.91 Å². The van der Waals surface area contributed by atoms with E-state index in [1.54, 1.807) is 42.2 Å². The van der Waals surface area contributed by atoms with E-state index in [0.717, 1.165) is 36.4 Å². The second kappa shape index (κ2) is 10.4. The number of alkyl halides is 6. The van der Waals surface area contributed by atoms with Crippen molar-refractivity contribution < 1.29 is 40.6 Å². The molecule has 0 aliphatic rings. The van der Waals surface area contributed by atoms with E-state index in [2.05, 4.69) is 30.5 Å². The fourth-order valence-corrected chi connectivity index (χ4v) is 4.16. The highest BCUT2D eigenvalue weighted by atomic mass is 79.9. The number of anilines is 2. The summed E-state index contributed by atoms with van der Waals surface area (Å²) in [6.45, 7) is 0. The lowest BCUT2D eigenvalue weighted by atomic mass is 10.1. The van der Waals surface area contributed by atoms with Gasteiger partial charge in [-0.15, -0.1) is 26.3 Å². The molecule has 13 heteroatoms. The van der Waals surface area contributed by atoms with E-state index in [4.69, 9.17) is 0 Å². The molecule has 0 fully saturated rings. The molecule has 4 aromatic rings. The number of hydrogen-bond acceptors (Lipinski definition) is 4. The Morgan fingerprint density at radius 3 is 1.89 bits per heavy atom. The van der Waals surface area contributed by atoms with E-state index < -0.39 is 30.1 Å². The Kier molecular flexibility index (Phi) is 7.40. The van der Waals surface area contributed by atoms with Crippen LogP contribution in [0.4, 0.5) is 37.7 Å². The number of halogens is 7. The van der Waals surface area contributed by atoms with E-state index in [9.17, 15) is 31.1 Å². The summed E-state index contributed by atoms with van der Waals surface area (Å²) in [7, 11) is 1.73. The lowest BCUT2D eigenvalue weighted by molar-refractivity contribution is -0.275. The number of nitrogens with zero attached hydrogens (tertiary/aromatic N) is 3. The van der Waals surface area contributed by atoms with Gasteiger partial charge >= 0.3 is 12.7 Å². The van der Waals surface area contributed by atoms with E-state index in [0.29, 0.717) is 21.4 Å². The van der Waals surface area contributed by atoms with Crippen LogP contribution in [-0.4, -0.2) is 28.4 Å². The van der Waals surface area contributed by atoms with Crippen molar-refractivity contribution in [1.82, 2.24) is 9.78 Å². The molecule has 1 aromatic heterocycles. The van der Waals surface area contributed by atoms with Crippen molar-refractivity contribution in [2.24, 2.45) is 7.05 Å². The molecular weight excluding hydrogens is 584 g/mol. The summed E-state index contributed by atoms with van der Waals surface area (Å²) in [6, 6.07) is 15.5. The molecule has 38 heavy (non-hydrogen) atoms. The largest absolute Gasteiger partial charge is 0.573 e. The number of amides is 1. The van der Waals surface area contributed by atoms with Crippen molar-refractivity contribution in [1.29, 1.82) is 0 Å². The first kappa shape index (κ1) is 27.0. The van der Waals surface area contributed by atoms with Crippen LogP contribution in [0.25, 0.3) is 11.3 Å². The standard InChI is InChI=1S/C25H16BrF6N3O3/c1-34-14-21(26)22(33-34)16-3-2-4-18(13-16)35(17-7-11-20(12-8-17)38-25(30,31)32)23(36)15-5-9-19(10-6-15)37-24(27,28)29/h2-14H,1H3. The lowest BCUT2D eigenvalue weighted by Gasteiger charge is -2.24. The van der Waals surface area contributed by atoms with Gasteiger partial charge in [-0.1, -0.05) is 12.1 Å². The SMILES string of the molecule is Cn1cc(Br)c(-c2cccc(N(C(=O)c3ccc(OC(F)(F)F)cc3)c3ccc(OC(F)(F)F)cc3)c2)n1. The third kappa shape index (κ3) is 6.65. The van der Waals surface area contributed by atoms with E-state index >= 15 is 0 Å². The van der Waals surface area contributed by atoms with E-state index in [1.807, 2.05) is 0 Å². The van der Waals surface area contributed by atoms with Crippen molar-refractivity contribution in [2.45, 2.75) is 12.7 Å². The van der Waals surface area contributed by atoms with Crippen molar-refractivity contribution in [3.63, 3.8) is 0 Å². The molecule has 0 aliphatic carbocycles. The number of hydrogen-bond donors (Lipinski definition) is 0. The number of aryl methyl sites for hydroxylation is 1. The molecule has 3 aromatic carbocycles. The summed E-state index contributed by atoms with van der Waals surface area (Å²) in [5, 5.41) is 4.38. The summed E-state index contributed by atoms with van der Waals surface area (Å²) in [6.07, 6.45) is -8.07. The monoisotopic (exact) mass is 599 g/mol. The van der Waals surface area contributed by atoms with Crippen LogP contribution < -0.4 is 14.4 Å². The molecule has 0 bridgehead atoms. The van der Waals surface area contributed by atoms with Gasteiger partial charge in [-0.2, -0.15) is 5.10 Å². The molecule has 0 saturated carbocycles. The van der Waals surface area contributed by atoms with Crippen molar-refractivity contribution >= 4 is 33.2 Å². The molecule has 0 unspecified atom stereocenters. The first-order valence-electron chi connectivity index (χ1n) is 10.6. The van der Waals surface area contributed by atoms with Gasteiger partial charge in [-0.05, 0) is 76.6 Å². The van der Waals surface area contributed by atoms with E-state index in [1.165, 1.54) is 17.0 Å². The molecule has 4 rings (SSSR count). The lowest BCUT2D eigenvalue weighted by Crippen LogP contribution is -2.26. The van der Waals surface area contributed by atoms with Crippen LogP contribution in [0.2, 0.25) is 0 Å². The van der Waals surface area contributed by atoms with Crippen LogP contribution in [-0.2, 0) is 7.05 Å². The number of carbonyl (C=O) groups is 1. The molecule has 1 heterocycles. The number of rotatable bonds is 6. The number of benzene rings is 3. The third-order valence-corrected chi connectivity index (χ3v) is 5.61. The Morgan fingerprint density at radius 1 is 0.842 bits per heavy atom. The van der Waals surface area contributed by atoms with Crippen LogP contribution in [0, 0.1) is 0 Å². The zero-order chi connectivity index (χ0) is 27.7. The quantitative estimate of drug-likeness (QED) is 0.214. The van der Waals surface area contributed by atoms with Crippen LogP contribution in [0.15, 0.2) is 83.5 Å². The number of aromatic nitrogens is 2. The Hall–Kier alpha value is -4.00. The van der Waals surface area contributed by atoms with Gasteiger partial charge in [0.2, 0.25) is 0 Å². The molecule has 0 N–H and O–H groups in total. The zero-order valence-electron chi connectivity index (χ0n) is 19.2.